The molecule has 0 saturated heterocycles. The van der Waals surface area contributed by atoms with E-state index < -0.39 is 16.0 Å². The van der Waals surface area contributed by atoms with Crippen molar-refractivity contribution in [1.29, 1.82) is 0 Å². The van der Waals surface area contributed by atoms with Crippen LogP contribution in [-0.4, -0.2) is 21.5 Å². The molecule has 0 saturated carbocycles. The van der Waals surface area contributed by atoms with Gasteiger partial charge >= 0.3 is 5.97 Å². The Labute approximate surface area is 150 Å². The molecule has 1 aromatic heterocycles. The molecule has 0 bridgehead atoms. The maximum atomic E-state index is 13.4. The number of ether oxygens (including phenoxy) is 1. The average molecular weight is 373 g/mol. The molecule has 128 valence electrons. The van der Waals surface area contributed by atoms with Gasteiger partial charge in [0.25, 0.3) is 10.0 Å². The van der Waals surface area contributed by atoms with Crippen molar-refractivity contribution in [2.45, 2.75) is 4.90 Å². The van der Waals surface area contributed by atoms with E-state index in [0.717, 1.165) is 11.3 Å². The van der Waals surface area contributed by atoms with Crippen molar-refractivity contribution in [2.24, 2.45) is 0 Å². The van der Waals surface area contributed by atoms with Gasteiger partial charge in [-0.1, -0.05) is 36.4 Å². The van der Waals surface area contributed by atoms with Crippen LogP contribution in [0.1, 0.15) is 9.67 Å². The SMILES string of the molecule is COC(=O)c1sccc1S(=O)(=O)N(c1ccccc1)c1ccccc1. The fourth-order valence-corrected chi connectivity index (χ4v) is 5.20. The van der Waals surface area contributed by atoms with E-state index in [-0.39, 0.29) is 9.77 Å². The minimum absolute atomic E-state index is 0.0550. The number of esters is 1. The van der Waals surface area contributed by atoms with Gasteiger partial charge in [-0.3, -0.25) is 0 Å². The molecule has 0 aliphatic carbocycles. The Morgan fingerprint density at radius 3 is 1.92 bits per heavy atom. The zero-order valence-electron chi connectivity index (χ0n) is 13.3. The lowest BCUT2D eigenvalue weighted by atomic mass is 10.3. The monoisotopic (exact) mass is 373 g/mol. The highest BCUT2D eigenvalue weighted by Gasteiger charge is 2.32. The lowest BCUT2D eigenvalue weighted by Crippen LogP contribution is -2.27. The smallest absolute Gasteiger partial charge is 0.349 e. The van der Waals surface area contributed by atoms with Crippen LogP contribution in [0.4, 0.5) is 11.4 Å². The predicted octanol–water partition coefficient (Wildman–Crippen LogP) is 4.06. The Morgan fingerprint density at radius 2 is 1.44 bits per heavy atom. The van der Waals surface area contributed by atoms with Gasteiger partial charge in [-0.2, -0.15) is 0 Å². The van der Waals surface area contributed by atoms with Gasteiger partial charge in [0.2, 0.25) is 0 Å². The van der Waals surface area contributed by atoms with Crippen molar-refractivity contribution in [3.8, 4) is 0 Å². The molecule has 0 unspecified atom stereocenters. The highest BCUT2D eigenvalue weighted by molar-refractivity contribution is 7.93. The lowest BCUT2D eigenvalue weighted by molar-refractivity contribution is 0.0602. The van der Waals surface area contributed by atoms with E-state index >= 15 is 0 Å². The van der Waals surface area contributed by atoms with E-state index in [1.807, 2.05) is 12.1 Å². The van der Waals surface area contributed by atoms with E-state index in [4.69, 9.17) is 4.74 Å². The Balaban J connectivity index is 2.20. The molecule has 7 heteroatoms. The maximum Gasteiger partial charge on any atom is 0.349 e. The topological polar surface area (TPSA) is 63.7 Å². The second-order valence-corrected chi connectivity index (χ2v) is 7.72. The van der Waals surface area contributed by atoms with Gasteiger partial charge in [0.05, 0.1) is 18.5 Å². The van der Waals surface area contributed by atoms with Crippen molar-refractivity contribution in [2.75, 3.05) is 11.4 Å². The fraction of sp³-hybridized carbons (Fsp3) is 0.0556. The van der Waals surface area contributed by atoms with Gasteiger partial charge < -0.3 is 4.74 Å². The molecule has 5 nitrogen and oxygen atoms in total. The summed E-state index contributed by atoms with van der Waals surface area (Å²) in [6.07, 6.45) is 0. The Kier molecular flexibility index (Phi) is 4.87. The second kappa shape index (κ2) is 7.08. The number of methoxy groups -OCH3 is 1. The summed E-state index contributed by atoms with van der Waals surface area (Å²) in [5.41, 5.74) is 0.964. The molecule has 0 N–H and O–H groups in total. The van der Waals surface area contributed by atoms with Crippen molar-refractivity contribution in [3.05, 3.63) is 77.0 Å². The molecule has 3 rings (SSSR count). The number of carbonyl (C=O) groups excluding carboxylic acids is 1. The minimum atomic E-state index is -4.01. The third-order valence-electron chi connectivity index (χ3n) is 3.50. The van der Waals surface area contributed by atoms with Gasteiger partial charge in [-0.05, 0) is 35.7 Å². The summed E-state index contributed by atoms with van der Waals surface area (Å²) >= 11 is 1.04. The summed E-state index contributed by atoms with van der Waals surface area (Å²) in [6, 6.07) is 18.9. The van der Waals surface area contributed by atoms with Crippen LogP contribution in [0.25, 0.3) is 0 Å². The molecule has 0 aliphatic heterocycles. The first-order valence-corrected chi connectivity index (χ1v) is 9.69. The Bertz CT molecular complexity index is 927. The fourth-order valence-electron chi connectivity index (χ4n) is 2.39. The number of rotatable bonds is 5. The first kappa shape index (κ1) is 17.2. The third-order valence-corrected chi connectivity index (χ3v) is 6.32. The number of para-hydroxylation sites is 2. The molecule has 1 heterocycles. The molecule has 0 spiro atoms. The first-order valence-electron chi connectivity index (χ1n) is 7.37. The number of hydrogen-bond donors (Lipinski definition) is 0. The van der Waals surface area contributed by atoms with Crippen molar-refractivity contribution in [3.63, 3.8) is 0 Å². The van der Waals surface area contributed by atoms with Gasteiger partial charge in [0.15, 0.2) is 0 Å². The number of carbonyl (C=O) groups is 1. The summed E-state index contributed by atoms with van der Waals surface area (Å²) in [5.74, 6) is -0.672. The number of thiophene rings is 1. The van der Waals surface area contributed by atoms with Crippen molar-refractivity contribution >= 4 is 38.7 Å². The molecule has 0 aliphatic rings. The number of anilines is 2. The summed E-state index contributed by atoms with van der Waals surface area (Å²) < 4.78 is 32.7. The van der Waals surface area contributed by atoms with Crippen LogP contribution in [0.2, 0.25) is 0 Å². The Hall–Kier alpha value is -2.64. The zero-order chi connectivity index (χ0) is 17.9. The van der Waals surface area contributed by atoms with Gasteiger partial charge in [0.1, 0.15) is 9.77 Å². The van der Waals surface area contributed by atoms with Crippen LogP contribution in [0.15, 0.2) is 77.0 Å². The molecule has 0 fully saturated rings. The average Bonchev–Trinajstić information content (AvgIpc) is 3.13. The summed E-state index contributed by atoms with van der Waals surface area (Å²) in [5, 5.41) is 1.56. The van der Waals surface area contributed by atoms with Crippen LogP contribution in [0.5, 0.6) is 0 Å². The largest absolute Gasteiger partial charge is 0.465 e. The number of benzene rings is 2. The number of hydrogen-bond acceptors (Lipinski definition) is 5. The third kappa shape index (κ3) is 3.29. The van der Waals surface area contributed by atoms with E-state index in [9.17, 15) is 13.2 Å². The van der Waals surface area contributed by atoms with Gasteiger partial charge in [-0.25, -0.2) is 17.5 Å². The summed E-state index contributed by atoms with van der Waals surface area (Å²) in [4.78, 5) is 11.9. The molecule has 2 aromatic carbocycles. The highest BCUT2D eigenvalue weighted by Crippen LogP contribution is 2.35. The minimum Gasteiger partial charge on any atom is -0.465 e. The van der Waals surface area contributed by atoms with Crippen LogP contribution >= 0.6 is 11.3 Å². The molecule has 0 radical (unpaired) electrons. The van der Waals surface area contributed by atoms with E-state index in [1.165, 1.54) is 17.5 Å². The maximum absolute atomic E-state index is 13.4. The van der Waals surface area contributed by atoms with Crippen LogP contribution < -0.4 is 4.31 Å². The molecule has 25 heavy (non-hydrogen) atoms. The van der Waals surface area contributed by atoms with Crippen LogP contribution in [-0.2, 0) is 14.8 Å². The van der Waals surface area contributed by atoms with Crippen LogP contribution in [0.3, 0.4) is 0 Å². The predicted molar refractivity (Wildman–Crippen MR) is 97.9 cm³/mol. The van der Waals surface area contributed by atoms with E-state index in [1.54, 1.807) is 53.9 Å². The van der Waals surface area contributed by atoms with Crippen LogP contribution in [0, 0.1) is 0 Å². The molecule has 3 aromatic rings. The highest BCUT2D eigenvalue weighted by atomic mass is 32.2. The Morgan fingerprint density at radius 1 is 0.920 bits per heavy atom. The lowest BCUT2D eigenvalue weighted by Gasteiger charge is -2.24. The molecule has 0 atom stereocenters. The quantitative estimate of drug-likeness (QED) is 0.633. The van der Waals surface area contributed by atoms with Crippen molar-refractivity contribution in [1.82, 2.24) is 0 Å². The van der Waals surface area contributed by atoms with Gasteiger partial charge in [0, 0.05) is 0 Å². The first-order chi connectivity index (χ1) is 12.1. The number of nitrogens with zero attached hydrogens (tertiary/aromatic N) is 1. The molecular formula is C18H15NO4S2. The summed E-state index contributed by atoms with van der Waals surface area (Å²) in [6.45, 7) is 0. The molecular weight excluding hydrogens is 358 g/mol. The summed E-state index contributed by atoms with van der Waals surface area (Å²) in [7, 11) is -2.78. The van der Waals surface area contributed by atoms with E-state index in [0.29, 0.717) is 11.4 Å². The van der Waals surface area contributed by atoms with Crippen molar-refractivity contribution < 1.29 is 17.9 Å². The van der Waals surface area contributed by atoms with E-state index in [2.05, 4.69) is 0 Å². The number of sulfonamides is 1. The van der Waals surface area contributed by atoms with Gasteiger partial charge in [-0.15, -0.1) is 11.3 Å². The second-order valence-electron chi connectivity index (χ2n) is 5.05. The molecule has 0 amide bonds. The normalized spacial score (nSPS) is 11.1. The standard InChI is InChI=1S/C18H15NO4S2/c1-23-18(20)17-16(12-13-24-17)25(21,22)19(14-8-4-2-5-9-14)15-10-6-3-7-11-15/h2-13H,1H3. The zero-order valence-corrected chi connectivity index (χ0v) is 15.0.